The molecule has 0 aromatic heterocycles. The fraction of sp³-hybridized carbons (Fsp3) is 1.00. The number of rotatable bonds is 5. The Bertz CT molecular complexity index is 242. The van der Waals surface area contributed by atoms with Gasteiger partial charge in [0, 0.05) is 21.3 Å². The van der Waals surface area contributed by atoms with Gasteiger partial charge in [0.15, 0.2) is 0 Å². The van der Waals surface area contributed by atoms with Crippen LogP contribution in [0.2, 0.25) is 18.6 Å². The van der Waals surface area contributed by atoms with Crippen LogP contribution in [0, 0.1) is 0 Å². The van der Waals surface area contributed by atoms with Gasteiger partial charge in [-0.05, 0) is 18.6 Å². The summed E-state index contributed by atoms with van der Waals surface area (Å²) in [6.07, 6.45) is 0. The average molecular weight is 296 g/mol. The molecule has 0 bridgehead atoms. The Hall–Kier alpha value is 0.411. The van der Waals surface area contributed by atoms with Crippen molar-refractivity contribution in [3.8, 4) is 0 Å². The maximum Gasteiger partial charge on any atom is 0.343 e. The Morgan fingerprint density at radius 1 is 0.765 bits per heavy atom. The van der Waals surface area contributed by atoms with E-state index in [4.69, 9.17) is 13.3 Å². The molecule has 0 aromatic rings. The van der Waals surface area contributed by atoms with Crippen LogP contribution in [0.4, 0.5) is 0 Å². The van der Waals surface area contributed by atoms with E-state index in [9.17, 15) is 0 Å². The van der Waals surface area contributed by atoms with Crippen molar-refractivity contribution in [1.82, 2.24) is 13.9 Å². The summed E-state index contributed by atoms with van der Waals surface area (Å²) < 4.78 is 28.0. The van der Waals surface area contributed by atoms with Crippen LogP contribution in [-0.2, 0) is 13.3 Å². The lowest BCUT2D eigenvalue weighted by Crippen LogP contribution is -2.93. The highest BCUT2D eigenvalue weighted by Gasteiger charge is 2.57. The normalized spacial score (nSPS) is 42.7. The Labute approximate surface area is 107 Å². The molecule has 0 saturated carbocycles. The van der Waals surface area contributed by atoms with Crippen molar-refractivity contribution in [2.45, 2.75) is 32.5 Å². The predicted octanol–water partition coefficient (Wildman–Crippen LogP) is 0.194. The minimum atomic E-state index is -2.15. The van der Waals surface area contributed by atoms with Crippen molar-refractivity contribution in [2.75, 3.05) is 21.3 Å². The van der Waals surface area contributed by atoms with Crippen LogP contribution < -0.4 is 13.9 Å². The van der Waals surface area contributed by atoms with E-state index in [1.54, 1.807) is 21.3 Å². The van der Waals surface area contributed by atoms with Gasteiger partial charge in [0.1, 0.15) is 0 Å². The largest absolute Gasteiger partial charge is 0.396 e. The third kappa shape index (κ3) is 3.05. The first-order valence-corrected chi connectivity index (χ1v) is 12.6. The summed E-state index contributed by atoms with van der Waals surface area (Å²) >= 11 is 0. The standard InChI is InChI=1S/C8H25N3O3Si3/c1-7-16(13-4)9-15(6,12-3)10-17(8-2,11-16)14-5/h9-11H,7-8H2,1-6H3. The van der Waals surface area contributed by atoms with E-state index in [-0.39, 0.29) is 0 Å². The van der Waals surface area contributed by atoms with Crippen LogP contribution in [0.5, 0.6) is 0 Å². The van der Waals surface area contributed by atoms with E-state index in [0.29, 0.717) is 0 Å². The number of hydrogen-bond acceptors (Lipinski definition) is 6. The molecule has 2 atom stereocenters. The van der Waals surface area contributed by atoms with Crippen LogP contribution >= 0.6 is 0 Å². The van der Waals surface area contributed by atoms with Crippen LogP contribution in [0.15, 0.2) is 0 Å². The van der Waals surface area contributed by atoms with Crippen LogP contribution in [-0.4, -0.2) is 47.3 Å². The summed E-state index contributed by atoms with van der Waals surface area (Å²) in [5.74, 6) is 0. The Kier molecular flexibility index (Phi) is 5.08. The second-order valence-electron chi connectivity index (χ2n) is 4.38. The molecule has 0 aliphatic carbocycles. The van der Waals surface area contributed by atoms with Gasteiger partial charge in [0.2, 0.25) is 0 Å². The Morgan fingerprint density at radius 2 is 1.18 bits per heavy atom. The zero-order chi connectivity index (χ0) is 13.2. The molecule has 0 spiro atoms. The third-order valence-corrected chi connectivity index (χ3v) is 17.9. The van der Waals surface area contributed by atoms with Gasteiger partial charge in [-0.1, -0.05) is 13.8 Å². The van der Waals surface area contributed by atoms with Gasteiger partial charge in [-0.25, -0.2) is 0 Å². The molecule has 9 heteroatoms. The molecule has 0 amide bonds. The molecule has 2 unspecified atom stereocenters. The first kappa shape index (κ1) is 15.5. The van der Waals surface area contributed by atoms with Gasteiger partial charge in [-0.2, -0.15) is 0 Å². The molecule has 1 saturated heterocycles. The summed E-state index contributed by atoms with van der Waals surface area (Å²) in [4.78, 5) is 0. The lowest BCUT2D eigenvalue weighted by Gasteiger charge is -2.50. The smallest absolute Gasteiger partial charge is 0.343 e. The monoisotopic (exact) mass is 295 g/mol. The summed E-state index contributed by atoms with van der Waals surface area (Å²) in [6, 6.07) is 1.88. The highest BCUT2D eigenvalue weighted by Crippen LogP contribution is 2.19. The maximum absolute atomic E-state index is 5.77. The highest BCUT2D eigenvalue weighted by molar-refractivity contribution is 7.01. The predicted molar refractivity (Wildman–Crippen MR) is 74.5 cm³/mol. The lowest BCUT2D eigenvalue weighted by atomic mass is 11.0. The second-order valence-corrected chi connectivity index (χ2v) is 15.4. The molecule has 1 aliphatic heterocycles. The van der Waals surface area contributed by atoms with E-state index in [1.165, 1.54) is 0 Å². The second kappa shape index (κ2) is 5.59. The van der Waals surface area contributed by atoms with Crippen LogP contribution in [0.3, 0.4) is 0 Å². The summed E-state index contributed by atoms with van der Waals surface area (Å²) in [5.41, 5.74) is 0. The maximum atomic E-state index is 5.77. The molecule has 3 N–H and O–H groups in total. The van der Waals surface area contributed by atoms with E-state index >= 15 is 0 Å². The Morgan fingerprint density at radius 3 is 1.41 bits per heavy atom. The number of nitrogens with one attached hydrogen (secondary N) is 3. The first-order chi connectivity index (χ1) is 7.92. The van der Waals surface area contributed by atoms with Crippen LogP contribution in [0.1, 0.15) is 13.8 Å². The molecule has 0 radical (unpaired) electrons. The fourth-order valence-electron chi connectivity index (χ4n) is 2.14. The molecule has 1 aliphatic rings. The summed E-state index contributed by atoms with van der Waals surface area (Å²) in [6.45, 7) is 6.38. The van der Waals surface area contributed by atoms with Crippen molar-refractivity contribution in [3.63, 3.8) is 0 Å². The van der Waals surface area contributed by atoms with Gasteiger partial charge < -0.3 is 13.3 Å². The van der Waals surface area contributed by atoms with Gasteiger partial charge in [0.05, 0.1) is 0 Å². The lowest BCUT2D eigenvalue weighted by molar-refractivity contribution is 0.318. The van der Waals surface area contributed by atoms with Gasteiger partial charge in [-0.3, -0.25) is 13.9 Å². The fourth-order valence-corrected chi connectivity index (χ4v) is 19.2. The van der Waals surface area contributed by atoms with Gasteiger partial charge in [0.25, 0.3) is 0 Å². The van der Waals surface area contributed by atoms with E-state index < -0.39 is 25.9 Å². The van der Waals surface area contributed by atoms with Gasteiger partial charge in [-0.15, -0.1) is 0 Å². The van der Waals surface area contributed by atoms with E-state index in [1.807, 2.05) is 0 Å². The third-order valence-electron chi connectivity index (χ3n) is 3.39. The molecule has 1 heterocycles. The zero-order valence-corrected chi connectivity index (χ0v) is 14.6. The van der Waals surface area contributed by atoms with Gasteiger partial charge >= 0.3 is 25.9 Å². The highest BCUT2D eigenvalue weighted by atomic mass is 28.5. The molecular weight excluding hydrogens is 270 g/mol. The molecule has 1 rings (SSSR count). The van der Waals surface area contributed by atoms with Crippen molar-refractivity contribution < 1.29 is 13.3 Å². The van der Waals surface area contributed by atoms with Crippen molar-refractivity contribution >= 4 is 25.9 Å². The molecule has 17 heavy (non-hydrogen) atoms. The van der Waals surface area contributed by atoms with E-state index in [2.05, 4.69) is 34.3 Å². The zero-order valence-electron chi connectivity index (χ0n) is 11.6. The molecule has 0 aromatic carbocycles. The topological polar surface area (TPSA) is 63.8 Å². The average Bonchev–Trinajstić information content (AvgIpc) is 2.37. The minimum Gasteiger partial charge on any atom is -0.396 e. The minimum absolute atomic E-state index is 0.940. The molecular formula is C8H25N3O3Si3. The quantitative estimate of drug-likeness (QED) is 0.630. The summed E-state index contributed by atoms with van der Waals surface area (Å²) in [5, 5.41) is 0. The Balaban J connectivity index is 3.06. The first-order valence-electron chi connectivity index (χ1n) is 5.96. The van der Waals surface area contributed by atoms with E-state index in [0.717, 1.165) is 12.1 Å². The van der Waals surface area contributed by atoms with Crippen LogP contribution in [0.25, 0.3) is 0 Å². The molecule has 102 valence electrons. The summed E-state index contributed by atoms with van der Waals surface area (Å²) in [7, 11) is -1.20. The van der Waals surface area contributed by atoms with Crippen molar-refractivity contribution in [2.24, 2.45) is 0 Å². The molecule has 1 fully saturated rings. The SMILES string of the molecule is CC[Si]1(OC)N[Si](C)(OC)N[Si](CC)(OC)N1. The van der Waals surface area contributed by atoms with Crippen molar-refractivity contribution in [1.29, 1.82) is 0 Å². The number of hydrogen-bond donors (Lipinski definition) is 3. The molecule has 6 nitrogen and oxygen atoms in total. The van der Waals surface area contributed by atoms with Crippen molar-refractivity contribution in [3.05, 3.63) is 0 Å².